The molecule has 6 nitrogen and oxygen atoms in total. The van der Waals surface area contributed by atoms with Crippen LogP contribution in [0.25, 0.3) is 10.8 Å². The molecule has 4 aliphatic rings. The van der Waals surface area contributed by atoms with E-state index in [0.29, 0.717) is 39.8 Å². The monoisotopic (exact) mass is 567 g/mol. The van der Waals surface area contributed by atoms with Gasteiger partial charge in [-0.3, -0.25) is 4.79 Å². The summed E-state index contributed by atoms with van der Waals surface area (Å²) in [5.74, 6) is 0.719. The number of amides is 1. The molecule has 4 bridgehead atoms. The molecule has 3 aromatic carbocycles. The van der Waals surface area contributed by atoms with E-state index in [4.69, 9.17) is 9.47 Å². The maximum absolute atomic E-state index is 13.8. The van der Waals surface area contributed by atoms with Crippen LogP contribution in [0.4, 0.5) is 13.2 Å². The molecule has 0 aliphatic heterocycles. The number of alkyl halides is 3. The molecule has 0 heterocycles. The SMILES string of the molecule is COc1cccc2c(OCc3ccc(C(F)(F)F)cc3)c(C(=O)N[C@H](C(=O)O)C34CC5CC(CC(C5)C3)C4)ccc12. The lowest BCUT2D eigenvalue weighted by Crippen LogP contribution is -2.59. The van der Waals surface area contributed by atoms with Crippen LogP contribution in [0.3, 0.4) is 0 Å². The number of carboxylic acid groups (broad SMARTS) is 1. The van der Waals surface area contributed by atoms with Crippen molar-refractivity contribution in [2.24, 2.45) is 23.2 Å². The van der Waals surface area contributed by atoms with Gasteiger partial charge >= 0.3 is 12.1 Å². The fourth-order valence-electron chi connectivity index (χ4n) is 7.98. The molecule has 4 aliphatic carbocycles. The van der Waals surface area contributed by atoms with Gasteiger partial charge in [0.25, 0.3) is 5.91 Å². The van der Waals surface area contributed by atoms with E-state index in [1.807, 2.05) is 0 Å². The van der Waals surface area contributed by atoms with E-state index in [-0.39, 0.29) is 17.9 Å². The number of carbonyl (C=O) groups is 2. The Morgan fingerprint density at radius 3 is 2.15 bits per heavy atom. The number of halogens is 3. The third-order valence-electron chi connectivity index (χ3n) is 9.32. The Hall–Kier alpha value is -3.75. The zero-order valence-corrected chi connectivity index (χ0v) is 22.7. The molecular weight excluding hydrogens is 535 g/mol. The topological polar surface area (TPSA) is 84.9 Å². The molecule has 0 aromatic heterocycles. The number of aliphatic carboxylic acids is 1. The molecule has 216 valence electrons. The Morgan fingerprint density at radius 2 is 1.59 bits per heavy atom. The van der Waals surface area contributed by atoms with Gasteiger partial charge in [-0.1, -0.05) is 24.3 Å². The molecule has 3 aromatic rings. The zero-order chi connectivity index (χ0) is 28.9. The van der Waals surface area contributed by atoms with Gasteiger partial charge < -0.3 is 19.9 Å². The van der Waals surface area contributed by atoms with Crippen molar-refractivity contribution in [2.45, 2.75) is 57.3 Å². The Morgan fingerprint density at radius 1 is 0.951 bits per heavy atom. The van der Waals surface area contributed by atoms with Crippen molar-refractivity contribution in [1.29, 1.82) is 0 Å². The second-order valence-corrected chi connectivity index (χ2v) is 12.0. The van der Waals surface area contributed by atoms with E-state index in [0.717, 1.165) is 50.7 Å². The predicted molar refractivity (Wildman–Crippen MR) is 146 cm³/mol. The largest absolute Gasteiger partial charge is 0.496 e. The van der Waals surface area contributed by atoms with Crippen molar-refractivity contribution in [2.75, 3.05) is 7.11 Å². The van der Waals surface area contributed by atoms with E-state index >= 15 is 0 Å². The van der Waals surface area contributed by atoms with Gasteiger partial charge in [0, 0.05) is 16.2 Å². The summed E-state index contributed by atoms with van der Waals surface area (Å²) in [4.78, 5) is 26.5. The standard InChI is InChI=1S/C32H32F3NO5/c1-40-26-4-2-3-24-23(26)9-10-25(27(24)41-17-18-5-7-22(8-6-18)32(33,34)35)29(37)36-28(30(38)39)31-14-19-11-20(15-31)13-21(12-19)16-31/h2-10,19-21,28H,11-17H2,1H3,(H,36,37)(H,38,39)/t19?,20?,21?,28-,31?/m1/s1. The van der Waals surface area contributed by atoms with Gasteiger partial charge in [-0.2, -0.15) is 13.2 Å². The minimum Gasteiger partial charge on any atom is -0.496 e. The van der Waals surface area contributed by atoms with Gasteiger partial charge in [0.05, 0.1) is 18.2 Å². The Bertz CT molecular complexity index is 1450. The second-order valence-electron chi connectivity index (χ2n) is 12.0. The van der Waals surface area contributed by atoms with Crippen molar-refractivity contribution in [3.8, 4) is 11.5 Å². The Kier molecular flexibility index (Phi) is 6.86. The highest BCUT2D eigenvalue weighted by Gasteiger charge is 2.56. The summed E-state index contributed by atoms with van der Waals surface area (Å²) in [6, 6.07) is 12.2. The predicted octanol–water partition coefficient (Wildman–Crippen LogP) is 6.85. The number of hydrogen-bond acceptors (Lipinski definition) is 4. The lowest BCUT2D eigenvalue weighted by Gasteiger charge is -2.58. The average molecular weight is 568 g/mol. The molecule has 4 saturated carbocycles. The van der Waals surface area contributed by atoms with Crippen molar-refractivity contribution in [1.82, 2.24) is 5.32 Å². The number of carboxylic acids is 1. The third-order valence-corrected chi connectivity index (χ3v) is 9.32. The molecule has 41 heavy (non-hydrogen) atoms. The number of nitrogens with one attached hydrogen (secondary N) is 1. The molecule has 9 heteroatoms. The van der Waals surface area contributed by atoms with E-state index in [1.165, 1.54) is 19.2 Å². The molecule has 0 spiro atoms. The third kappa shape index (κ3) is 5.11. The zero-order valence-electron chi connectivity index (χ0n) is 22.7. The van der Waals surface area contributed by atoms with Gasteiger partial charge in [-0.05, 0) is 92.2 Å². The molecule has 4 fully saturated rings. The minimum atomic E-state index is -4.45. The molecular formula is C32H32F3NO5. The molecule has 1 atom stereocenters. The van der Waals surface area contributed by atoms with Crippen molar-refractivity contribution in [3.63, 3.8) is 0 Å². The van der Waals surface area contributed by atoms with E-state index in [9.17, 15) is 27.9 Å². The number of carbonyl (C=O) groups excluding carboxylic acids is 1. The average Bonchev–Trinajstić information content (AvgIpc) is 2.92. The van der Waals surface area contributed by atoms with Crippen LogP contribution in [0.2, 0.25) is 0 Å². The van der Waals surface area contributed by atoms with Gasteiger partial charge in [0.1, 0.15) is 24.1 Å². The summed E-state index contributed by atoms with van der Waals surface area (Å²) in [5.41, 5.74) is -0.576. The Labute approximate surface area is 235 Å². The van der Waals surface area contributed by atoms with Crippen LogP contribution in [0.15, 0.2) is 54.6 Å². The normalized spacial score (nSPS) is 25.6. The molecule has 0 radical (unpaired) electrons. The molecule has 1 amide bonds. The number of benzene rings is 3. The van der Waals surface area contributed by atoms with Gasteiger partial charge in [-0.25, -0.2) is 4.79 Å². The van der Waals surface area contributed by atoms with Crippen LogP contribution in [0, 0.1) is 23.2 Å². The van der Waals surface area contributed by atoms with Crippen molar-refractivity contribution >= 4 is 22.6 Å². The van der Waals surface area contributed by atoms with Crippen LogP contribution >= 0.6 is 0 Å². The number of hydrogen-bond donors (Lipinski definition) is 2. The van der Waals surface area contributed by atoms with Crippen molar-refractivity contribution in [3.05, 3.63) is 71.3 Å². The van der Waals surface area contributed by atoms with Gasteiger partial charge in [-0.15, -0.1) is 0 Å². The molecule has 0 saturated heterocycles. The highest BCUT2D eigenvalue weighted by Crippen LogP contribution is 2.61. The lowest BCUT2D eigenvalue weighted by molar-refractivity contribution is -0.150. The number of fused-ring (bicyclic) bond motifs is 1. The maximum atomic E-state index is 13.8. The van der Waals surface area contributed by atoms with Gasteiger partial charge in [0.2, 0.25) is 0 Å². The summed E-state index contributed by atoms with van der Waals surface area (Å²) in [6.07, 6.45) is 1.41. The summed E-state index contributed by atoms with van der Waals surface area (Å²) >= 11 is 0. The number of rotatable bonds is 8. The van der Waals surface area contributed by atoms with Crippen LogP contribution in [-0.4, -0.2) is 30.1 Å². The number of ether oxygens (including phenoxy) is 2. The minimum absolute atomic E-state index is 0.0912. The molecule has 2 N–H and O–H groups in total. The van der Waals surface area contributed by atoms with Crippen LogP contribution < -0.4 is 14.8 Å². The smallest absolute Gasteiger partial charge is 0.416 e. The fraction of sp³-hybridized carbons (Fsp3) is 0.438. The number of methoxy groups -OCH3 is 1. The molecule has 0 unspecified atom stereocenters. The summed E-state index contributed by atoms with van der Waals surface area (Å²) in [5, 5.41) is 14.5. The first-order chi connectivity index (χ1) is 19.6. The maximum Gasteiger partial charge on any atom is 0.416 e. The highest BCUT2D eigenvalue weighted by molar-refractivity contribution is 6.06. The lowest BCUT2D eigenvalue weighted by atomic mass is 9.47. The van der Waals surface area contributed by atoms with Crippen LogP contribution in [0.5, 0.6) is 11.5 Å². The second kappa shape index (κ2) is 10.3. The summed E-state index contributed by atoms with van der Waals surface area (Å²) < 4.78 is 50.7. The fourth-order valence-corrected chi connectivity index (χ4v) is 7.98. The van der Waals surface area contributed by atoms with E-state index in [1.54, 1.807) is 30.3 Å². The van der Waals surface area contributed by atoms with Gasteiger partial charge in [0.15, 0.2) is 0 Å². The summed E-state index contributed by atoms with van der Waals surface area (Å²) in [6.45, 7) is -0.0912. The van der Waals surface area contributed by atoms with Crippen LogP contribution in [0.1, 0.15) is 60.0 Å². The van der Waals surface area contributed by atoms with Crippen molar-refractivity contribution < 1.29 is 37.3 Å². The molecule has 7 rings (SSSR count). The van der Waals surface area contributed by atoms with E-state index in [2.05, 4.69) is 5.32 Å². The van der Waals surface area contributed by atoms with Crippen LogP contribution in [-0.2, 0) is 17.6 Å². The summed E-state index contributed by atoms with van der Waals surface area (Å²) in [7, 11) is 1.53. The van der Waals surface area contributed by atoms with E-state index < -0.39 is 35.1 Å². The first-order valence-corrected chi connectivity index (χ1v) is 14.0. The quantitative estimate of drug-likeness (QED) is 0.311. The first-order valence-electron chi connectivity index (χ1n) is 14.0. The first kappa shape index (κ1) is 27.4. The highest BCUT2D eigenvalue weighted by atomic mass is 19.4. The Balaban J connectivity index is 1.32.